The number of aliphatic carboxylic acids is 2. The minimum atomic E-state index is -1.71. The molecule has 0 bridgehead atoms. The van der Waals surface area contributed by atoms with Crippen LogP contribution in [0.1, 0.15) is 6.42 Å². The van der Waals surface area contributed by atoms with E-state index in [1.807, 2.05) is 0 Å². The summed E-state index contributed by atoms with van der Waals surface area (Å²) in [5.74, 6) is -5.62. The van der Waals surface area contributed by atoms with E-state index in [-0.39, 0.29) is 0 Å². The fourth-order valence-electron chi connectivity index (χ4n) is 0.978. The van der Waals surface area contributed by atoms with E-state index in [0.717, 1.165) is 0 Å². The van der Waals surface area contributed by atoms with Crippen molar-refractivity contribution in [3.05, 3.63) is 0 Å². The molecule has 12 heavy (non-hydrogen) atoms. The Morgan fingerprint density at radius 2 is 1.92 bits per heavy atom. The summed E-state index contributed by atoms with van der Waals surface area (Å²) in [5, 5.41) is 20.4. The Balaban J connectivity index is 2.79. The molecule has 0 amide bonds. The van der Waals surface area contributed by atoms with Crippen LogP contribution in [0, 0.1) is 5.92 Å². The third kappa shape index (κ3) is 1.36. The monoisotopic (exact) mass is 172 g/mol. The molecular formula is C6H4O6-2. The number of carboxylic acid groups (broad SMARTS) is 2. The Bertz CT molecular complexity index is 220. The summed E-state index contributed by atoms with van der Waals surface area (Å²) < 4.78 is 4.17. The van der Waals surface area contributed by atoms with Crippen molar-refractivity contribution >= 4 is 17.9 Å². The van der Waals surface area contributed by atoms with Gasteiger partial charge in [0.1, 0.15) is 6.10 Å². The lowest BCUT2D eigenvalue weighted by atomic mass is 10.0. The minimum Gasteiger partial charge on any atom is -0.550 e. The average molecular weight is 172 g/mol. The molecule has 0 aromatic heterocycles. The van der Waals surface area contributed by atoms with Crippen molar-refractivity contribution in [2.45, 2.75) is 12.5 Å². The highest BCUT2D eigenvalue weighted by molar-refractivity contribution is 5.89. The van der Waals surface area contributed by atoms with E-state index in [0.29, 0.717) is 0 Å². The van der Waals surface area contributed by atoms with Crippen LogP contribution in [0.3, 0.4) is 0 Å². The van der Waals surface area contributed by atoms with Gasteiger partial charge < -0.3 is 24.5 Å². The van der Waals surface area contributed by atoms with Crippen molar-refractivity contribution in [3.8, 4) is 0 Å². The van der Waals surface area contributed by atoms with Crippen molar-refractivity contribution < 1.29 is 29.3 Å². The third-order valence-electron chi connectivity index (χ3n) is 1.55. The van der Waals surface area contributed by atoms with Gasteiger partial charge in [-0.05, 0) is 0 Å². The molecule has 1 heterocycles. The standard InChI is InChI=1S/C6H6O6/c7-3-1-2(5(8)9)4(12-3)6(10)11/h2,4H,1H2,(H,8,9)(H,10,11)/p-2/t2-,4+/m0/s1. The van der Waals surface area contributed by atoms with Crippen molar-refractivity contribution in [3.63, 3.8) is 0 Å². The molecule has 66 valence electrons. The zero-order valence-corrected chi connectivity index (χ0v) is 5.81. The molecule has 0 saturated carbocycles. The van der Waals surface area contributed by atoms with Crippen molar-refractivity contribution in [1.82, 2.24) is 0 Å². The third-order valence-corrected chi connectivity index (χ3v) is 1.55. The number of cyclic esters (lactones) is 1. The Labute approximate surface area is 66.7 Å². The SMILES string of the molecule is O=C1C[C@H](C(=O)[O-])[C@H](C(=O)[O-])O1. The molecule has 1 aliphatic rings. The molecule has 0 N–H and O–H groups in total. The second kappa shape index (κ2) is 2.80. The smallest absolute Gasteiger partial charge is 0.307 e. The topological polar surface area (TPSA) is 107 Å². The lowest BCUT2D eigenvalue weighted by molar-refractivity contribution is -0.327. The molecule has 1 saturated heterocycles. The Morgan fingerprint density at radius 1 is 1.33 bits per heavy atom. The van der Waals surface area contributed by atoms with E-state index >= 15 is 0 Å². The fraction of sp³-hybridized carbons (Fsp3) is 0.500. The lowest BCUT2D eigenvalue weighted by Crippen LogP contribution is -2.45. The van der Waals surface area contributed by atoms with Crippen LogP contribution in [-0.4, -0.2) is 24.0 Å². The quantitative estimate of drug-likeness (QED) is 0.398. The van der Waals surface area contributed by atoms with Crippen LogP contribution in [-0.2, 0) is 19.1 Å². The van der Waals surface area contributed by atoms with Gasteiger partial charge in [0.25, 0.3) is 0 Å². The van der Waals surface area contributed by atoms with Crippen molar-refractivity contribution in [2.75, 3.05) is 0 Å². The highest BCUT2D eigenvalue weighted by Crippen LogP contribution is 2.20. The summed E-state index contributed by atoms with van der Waals surface area (Å²) in [5.41, 5.74) is 0. The van der Waals surface area contributed by atoms with Crippen molar-refractivity contribution in [2.24, 2.45) is 5.92 Å². The minimum absolute atomic E-state index is 0.471. The van der Waals surface area contributed by atoms with Gasteiger partial charge in [0.2, 0.25) is 0 Å². The fourth-order valence-corrected chi connectivity index (χ4v) is 0.978. The predicted molar refractivity (Wildman–Crippen MR) is 28.0 cm³/mol. The first kappa shape index (κ1) is 8.51. The van der Waals surface area contributed by atoms with Crippen molar-refractivity contribution in [1.29, 1.82) is 0 Å². The van der Waals surface area contributed by atoms with E-state index < -0.39 is 36.4 Å². The van der Waals surface area contributed by atoms with Gasteiger partial charge in [-0.1, -0.05) is 0 Å². The zero-order chi connectivity index (χ0) is 9.30. The summed E-state index contributed by atoms with van der Waals surface area (Å²) in [6, 6.07) is 0. The maximum atomic E-state index is 10.5. The first-order valence-electron chi connectivity index (χ1n) is 3.13. The Hall–Kier alpha value is -1.59. The van der Waals surface area contributed by atoms with Gasteiger partial charge in [0.05, 0.1) is 18.3 Å². The van der Waals surface area contributed by atoms with Gasteiger partial charge in [-0.3, -0.25) is 4.79 Å². The van der Waals surface area contributed by atoms with Crippen LogP contribution in [0.15, 0.2) is 0 Å². The number of hydrogen-bond donors (Lipinski definition) is 0. The summed E-state index contributed by atoms with van der Waals surface area (Å²) >= 11 is 0. The van der Waals surface area contributed by atoms with Crippen LogP contribution < -0.4 is 10.2 Å². The molecule has 0 radical (unpaired) electrons. The van der Waals surface area contributed by atoms with Gasteiger partial charge in [-0.2, -0.15) is 0 Å². The van der Waals surface area contributed by atoms with Crippen LogP contribution in [0.2, 0.25) is 0 Å². The zero-order valence-electron chi connectivity index (χ0n) is 5.81. The molecule has 1 fully saturated rings. The van der Waals surface area contributed by atoms with Gasteiger partial charge in [-0.15, -0.1) is 0 Å². The number of carbonyl (C=O) groups is 3. The first-order valence-corrected chi connectivity index (χ1v) is 3.13. The van der Waals surface area contributed by atoms with Crippen LogP contribution in [0.4, 0.5) is 0 Å². The molecule has 0 unspecified atom stereocenters. The first-order chi connectivity index (χ1) is 5.52. The molecule has 0 aromatic rings. The molecular weight excluding hydrogens is 168 g/mol. The lowest BCUT2D eigenvalue weighted by Gasteiger charge is -2.18. The number of rotatable bonds is 2. The van der Waals surface area contributed by atoms with E-state index in [1.54, 1.807) is 0 Å². The normalized spacial score (nSPS) is 28.2. The number of ether oxygens (including phenoxy) is 1. The number of carbonyl (C=O) groups excluding carboxylic acids is 3. The van der Waals surface area contributed by atoms with Gasteiger partial charge in [0.15, 0.2) is 0 Å². The molecule has 2 atom stereocenters. The number of esters is 1. The summed E-state index contributed by atoms with van der Waals surface area (Å²) in [4.78, 5) is 30.9. The predicted octanol–water partition coefficient (Wildman–Crippen LogP) is -3.58. The molecule has 0 aromatic carbocycles. The summed E-state index contributed by atoms with van der Waals surface area (Å²) in [6.45, 7) is 0. The Kier molecular flexibility index (Phi) is 1.99. The largest absolute Gasteiger partial charge is 0.550 e. The molecule has 1 rings (SSSR count). The molecule has 0 aliphatic carbocycles. The molecule has 1 aliphatic heterocycles. The van der Waals surface area contributed by atoms with E-state index in [2.05, 4.69) is 4.74 Å². The molecule has 0 spiro atoms. The maximum Gasteiger partial charge on any atom is 0.307 e. The second-order valence-corrected chi connectivity index (χ2v) is 2.36. The highest BCUT2D eigenvalue weighted by Gasteiger charge is 2.36. The second-order valence-electron chi connectivity index (χ2n) is 2.36. The molecule has 6 heteroatoms. The summed E-state index contributed by atoms with van der Waals surface area (Å²) in [6.07, 6.45) is -2.18. The van der Waals surface area contributed by atoms with Gasteiger partial charge >= 0.3 is 5.97 Å². The highest BCUT2D eigenvalue weighted by atomic mass is 16.6. The number of hydrogen-bond acceptors (Lipinski definition) is 6. The average Bonchev–Trinajstić information content (AvgIpc) is 2.31. The van der Waals surface area contributed by atoms with Crippen LogP contribution in [0.5, 0.6) is 0 Å². The van der Waals surface area contributed by atoms with Gasteiger partial charge in [0, 0.05) is 5.97 Å². The molecule has 6 nitrogen and oxygen atoms in total. The summed E-state index contributed by atoms with van der Waals surface area (Å²) in [7, 11) is 0. The maximum absolute atomic E-state index is 10.5. The van der Waals surface area contributed by atoms with E-state index in [9.17, 15) is 24.6 Å². The van der Waals surface area contributed by atoms with Gasteiger partial charge in [-0.25, -0.2) is 0 Å². The Morgan fingerprint density at radius 3 is 2.25 bits per heavy atom. The number of carboxylic acids is 2. The van der Waals surface area contributed by atoms with E-state index in [1.165, 1.54) is 0 Å². The van der Waals surface area contributed by atoms with E-state index in [4.69, 9.17) is 0 Å². The van der Waals surface area contributed by atoms with Crippen LogP contribution >= 0.6 is 0 Å². The van der Waals surface area contributed by atoms with Crippen LogP contribution in [0.25, 0.3) is 0 Å².